The third kappa shape index (κ3) is 5.84. The molecular weight excluding hydrogens is 478 g/mol. The van der Waals surface area contributed by atoms with Gasteiger partial charge in [0.1, 0.15) is 0 Å². The Labute approximate surface area is 224 Å². The number of nitrogens with one attached hydrogen (secondary N) is 2. The summed E-state index contributed by atoms with van der Waals surface area (Å²) >= 11 is 0. The first-order valence-electron chi connectivity index (χ1n) is 12.9. The Morgan fingerprint density at radius 3 is 2.61 bits per heavy atom. The van der Waals surface area contributed by atoms with Gasteiger partial charge in [-0.2, -0.15) is 5.10 Å². The molecule has 0 saturated heterocycles. The fourth-order valence-corrected chi connectivity index (χ4v) is 4.55. The number of ether oxygens (including phenoxy) is 1. The van der Waals surface area contributed by atoms with Crippen LogP contribution in [0.4, 0.5) is 5.69 Å². The Bertz CT molecular complexity index is 1430. The van der Waals surface area contributed by atoms with Crippen molar-refractivity contribution in [2.45, 2.75) is 40.5 Å². The summed E-state index contributed by atoms with van der Waals surface area (Å²) in [4.78, 5) is 25.3. The molecule has 1 amide bonds. The second kappa shape index (κ2) is 12.1. The zero-order valence-electron chi connectivity index (χ0n) is 23.1. The van der Waals surface area contributed by atoms with Crippen molar-refractivity contribution < 1.29 is 9.53 Å². The van der Waals surface area contributed by atoms with Crippen LogP contribution < -0.4 is 10.6 Å². The summed E-state index contributed by atoms with van der Waals surface area (Å²) in [6.45, 7) is 9.31. The molecule has 9 nitrogen and oxygen atoms in total. The van der Waals surface area contributed by atoms with Crippen LogP contribution in [0.25, 0.3) is 22.3 Å². The molecule has 9 heteroatoms. The lowest BCUT2D eigenvalue weighted by molar-refractivity contribution is 0.0785. The molecule has 0 aliphatic heterocycles. The van der Waals surface area contributed by atoms with Crippen molar-refractivity contribution in [1.82, 2.24) is 30.0 Å². The summed E-state index contributed by atoms with van der Waals surface area (Å²) in [6, 6.07) is 11.8. The second-order valence-corrected chi connectivity index (χ2v) is 9.46. The molecule has 4 rings (SSSR count). The van der Waals surface area contributed by atoms with E-state index in [4.69, 9.17) is 14.7 Å². The number of carbonyl (C=O) groups excluding carboxylic acids is 1. The summed E-state index contributed by atoms with van der Waals surface area (Å²) in [6.07, 6.45) is 1.82. The number of nitrogens with zero attached hydrogens (tertiary/aromatic N) is 5. The maximum atomic E-state index is 13.9. The summed E-state index contributed by atoms with van der Waals surface area (Å²) in [5.41, 5.74) is 7.65. The van der Waals surface area contributed by atoms with Crippen LogP contribution in [0.2, 0.25) is 0 Å². The number of carbonyl (C=O) groups is 1. The van der Waals surface area contributed by atoms with E-state index in [2.05, 4.69) is 15.7 Å². The Balaban J connectivity index is 1.70. The predicted molar refractivity (Wildman–Crippen MR) is 151 cm³/mol. The van der Waals surface area contributed by atoms with Crippen LogP contribution in [-0.2, 0) is 24.4 Å². The maximum Gasteiger partial charge on any atom is 0.254 e. The quantitative estimate of drug-likeness (QED) is 0.289. The lowest BCUT2D eigenvalue weighted by atomic mass is 10.0. The molecule has 38 heavy (non-hydrogen) atoms. The highest BCUT2D eigenvalue weighted by Crippen LogP contribution is 2.28. The highest BCUT2D eigenvalue weighted by molar-refractivity contribution is 6.07. The number of hydrogen-bond donors (Lipinski definition) is 2. The van der Waals surface area contributed by atoms with Crippen LogP contribution in [0.5, 0.6) is 0 Å². The molecule has 0 radical (unpaired) electrons. The van der Waals surface area contributed by atoms with E-state index < -0.39 is 0 Å². The summed E-state index contributed by atoms with van der Waals surface area (Å²) in [5.74, 6) is -0.0843. The lowest BCUT2D eigenvalue weighted by Gasteiger charge is -2.19. The molecule has 0 aliphatic rings. The zero-order chi connectivity index (χ0) is 27.2. The van der Waals surface area contributed by atoms with Crippen molar-refractivity contribution in [3.63, 3.8) is 0 Å². The number of anilines is 1. The maximum absolute atomic E-state index is 13.9. The van der Waals surface area contributed by atoms with Gasteiger partial charge in [0.25, 0.3) is 5.91 Å². The van der Waals surface area contributed by atoms with E-state index in [9.17, 15) is 4.79 Å². The first-order valence-corrected chi connectivity index (χ1v) is 12.9. The molecule has 0 spiro atoms. The number of hydrogen-bond acceptors (Lipinski definition) is 7. The Hall–Kier alpha value is -3.82. The molecule has 3 heterocycles. The van der Waals surface area contributed by atoms with Crippen molar-refractivity contribution in [3.05, 3.63) is 70.7 Å². The Morgan fingerprint density at radius 2 is 1.89 bits per heavy atom. The molecule has 0 saturated carbocycles. The number of amides is 1. The number of likely N-dealkylation sites (N-methyl/N-ethyl adjacent to an activating group) is 1. The van der Waals surface area contributed by atoms with E-state index in [1.807, 2.05) is 82.1 Å². The van der Waals surface area contributed by atoms with E-state index in [1.165, 1.54) is 0 Å². The number of fused-ring (bicyclic) bond motifs is 1. The minimum absolute atomic E-state index is 0.0843. The Morgan fingerprint density at radius 1 is 1.08 bits per heavy atom. The van der Waals surface area contributed by atoms with Gasteiger partial charge in [-0.3, -0.25) is 9.48 Å². The van der Waals surface area contributed by atoms with Gasteiger partial charge in [-0.05, 0) is 58.2 Å². The largest absolute Gasteiger partial charge is 0.382 e. The number of aromatic nitrogens is 4. The van der Waals surface area contributed by atoms with Crippen LogP contribution in [-0.4, -0.2) is 64.9 Å². The van der Waals surface area contributed by atoms with Gasteiger partial charge in [0.2, 0.25) is 0 Å². The molecule has 4 aromatic rings. The van der Waals surface area contributed by atoms with Gasteiger partial charge >= 0.3 is 0 Å². The smallest absolute Gasteiger partial charge is 0.254 e. The summed E-state index contributed by atoms with van der Waals surface area (Å²) in [7, 11) is 5.41. The van der Waals surface area contributed by atoms with Crippen LogP contribution in [0.15, 0.2) is 42.6 Å². The molecular formula is C29H37N7O2. The van der Waals surface area contributed by atoms with Gasteiger partial charge in [0.15, 0.2) is 0 Å². The van der Waals surface area contributed by atoms with Gasteiger partial charge in [-0.1, -0.05) is 11.6 Å². The number of rotatable bonds is 11. The predicted octanol–water partition coefficient (Wildman–Crippen LogP) is 4.18. The zero-order valence-corrected chi connectivity index (χ0v) is 23.1. The van der Waals surface area contributed by atoms with Crippen LogP contribution in [0, 0.1) is 13.8 Å². The van der Waals surface area contributed by atoms with E-state index >= 15 is 0 Å². The van der Waals surface area contributed by atoms with Gasteiger partial charge in [0, 0.05) is 51.3 Å². The molecule has 0 atom stereocenters. The first-order chi connectivity index (χ1) is 18.4. The first kappa shape index (κ1) is 27.2. The van der Waals surface area contributed by atoms with E-state index in [0.717, 1.165) is 64.4 Å². The topological polar surface area (TPSA) is 97.2 Å². The highest BCUT2D eigenvalue weighted by atomic mass is 16.5. The van der Waals surface area contributed by atoms with Gasteiger partial charge < -0.3 is 20.3 Å². The number of aryl methyl sites for hydroxylation is 3. The van der Waals surface area contributed by atoms with Crippen molar-refractivity contribution >= 4 is 22.5 Å². The van der Waals surface area contributed by atoms with E-state index in [-0.39, 0.29) is 5.91 Å². The normalized spacial score (nSPS) is 11.2. The molecule has 0 bridgehead atoms. The van der Waals surface area contributed by atoms with Gasteiger partial charge in [-0.15, -0.1) is 0 Å². The minimum atomic E-state index is -0.0843. The van der Waals surface area contributed by atoms with Crippen molar-refractivity contribution in [3.8, 4) is 11.4 Å². The van der Waals surface area contributed by atoms with E-state index in [0.29, 0.717) is 24.4 Å². The minimum Gasteiger partial charge on any atom is -0.382 e. The van der Waals surface area contributed by atoms with Crippen LogP contribution >= 0.6 is 0 Å². The third-order valence-electron chi connectivity index (χ3n) is 6.60. The molecule has 0 unspecified atom stereocenters. The SMILES string of the molecule is CCn1ncc(CN(C)C(=O)c2cc(-c3ccc(NCCNC)c(C)n3)nc3ccc(C)cc23)c1COC. The number of pyridine rings is 2. The summed E-state index contributed by atoms with van der Waals surface area (Å²) in [5, 5.41) is 11.8. The van der Waals surface area contributed by atoms with Gasteiger partial charge in [-0.25, -0.2) is 9.97 Å². The Kier molecular flexibility index (Phi) is 8.70. The fraction of sp³-hybridized carbons (Fsp3) is 0.379. The molecule has 0 aliphatic carbocycles. The molecule has 2 N–H and O–H groups in total. The second-order valence-electron chi connectivity index (χ2n) is 9.46. The highest BCUT2D eigenvalue weighted by Gasteiger charge is 2.21. The average molecular weight is 516 g/mol. The molecule has 200 valence electrons. The molecule has 0 fully saturated rings. The fourth-order valence-electron chi connectivity index (χ4n) is 4.55. The van der Waals surface area contributed by atoms with Crippen molar-refractivity contribution in [1.29, 1.82) is 0 Å². The van der Waals surface area contributed by atoms with Crippen molar-refractivity contribution in [2.24, 2.45) is 0 Å². The number of benzene rings is 1. The number of methoxy groups -OCH3 is 1. The van der Waals surface area contributed by atoms with Crippen LogP contribution in [0.3, 0.4) is 0 Å². The van der Waals surface area contributed by atoms with E-state index in [1.54, 1.807) is 12.0 Å². The molecule has 1 aromatic carbocycles. The van der Waals surface area contributed by atoms with Crippen LogP contribution in [0.1, 0.15) is 39.8 Å². The van der Waals surface area contributed by atoms with Gasteiger partial charge in [0.05, 0.1) is 52.3 Å². The summed E-state index contributed by atoms with van der Waals surface area (Å²) < 4.78 is 7.30. The monoisotopic (exact) mass is 515 g/mol. The lowest BCUT2D eigenvalue weighted by Crippen LogP contribution is -2.27. The third-order valence-corrected chi connectivity index (χ3v) is 6.60. The molecule has 3 aromatic heterocycles. The average Bonchev–Trinajstić information content (AvgIpc) is 3.29. The van der Waals surface area contributed by atoms with Crippen molar-refractivity contribution in [2.75, 3.05) is 39.6 Å². The standard InChI is InChI=1S/C29H37N7O2/c1-7-36-28(18-38-6)21(16-32-36)17-35(5)29(37)23-15-27(34-25-9-8-19(2)14-22(23)25)26-11-10-24(20(3)33-26)31-13-12-30-4/h8-11,14-16,30-31H,7,12-13,17-18H2,1-6H3.